The lowest BCUT2D eigenvalue weighted by Gasteiger charge is -2.16. The summed E-state index contributed by atoms with van der Waals surface area (Å²) in [4.78, 5) is 26.3. The van der Waals surface area contributed by atoms with Crippen LogP contribution in [0.25, 0.3) is 27.7 Å². The van der Waals surface area contributed by atoms with Gasteiger partial charge in [0.1, 0.15) is 22.2 Å². The van der Waals surface area contributed by atoms with Crippen molar-refractivity contribution in [2.45, 2.75) is 5.75 Å². The lowest BCUT2D eigenvalue weighted by molar-refractivity contribution is 0.0992. The summed E-state index contributed by atoms with van der Waals surface area (Å²) in [5.74, 6) is 0.106. The van der Waals surface area contributed by atoms with Gasteiger partial charge in [0.05, 0.1) is 17.5 Å². The van der Waals surface area contributed by atoms with Gasteiger partial charge in [-0.05, 0) is 35.9 Å². The largest absolute Gasteiger partial charge is 0.346 e. The number of carbonyl (C=O) groups is 1. The summed E-state index contributed by atoms with van der Waals surface area (Å²) in [7, 11) is -0.899. The number of hydrogen-bond acceptors (Lipinski definition) is 6. The van der Waals surface area contributed by atoms with Crippen molar-refractivity contribution in [1.82, 2.24) is 24.6 Å². The van der Waals surface area contributed by atoms with Crippen LogP contribution in [0.15, 0.2) is 67.4 Å². The minimum Gasteiger partial charge on any atom is -0.346 e. The third-order valence-corrected chi connectivity index (χ3v) is 5.87. The van der Waals surface area contributed by atoms with Gasteiger partial charge in [-0.25, -0.2) is 22.9 Å². The molecule has 0 aliphatic carbocycles. The van der Waals surface area contributed by atoms with Gasteiger partial charge in [-0.15, -0.1) is 0 Å². The molecule has 10 heteroatoms. The minimum atomic E-state index is -2.53. The second kappa shape index (κ2) is 7.89. The van der Waals surface area contributed by atoms with Crippen LogP contribution < -0.4 is 4.90 Å². The molecule has 5 rings (SSSR count). The molecule has 0 aromatic carbocycles. The van der Waals surface area contributed by atoms with E-state index in [2.05, 4.69) is 20.1 Å². The summed E-state index contributed by atoms with van der Waals surface area (Å²) in [5, 5.41) is 5.38. The quantitative estimate of drug-likeness (QED) is 0.401. The molecule has 160 valence electrons. The van der Waals surface area contributed by atoms with Crippen molar-refractivity contribution in [3.63, 3.8) is 0 Å². The SMILES string of the molecule is CN(C(=O)c1ccn2ncc(-c3cnc4[nH]ccc4c3)c2c1)c1ccc(C[SH](=O)=O)cn1. The summed E-state index contributed by atoms with van der Waals surface area (Å²) >= 11 is 0. The van der Waals surface area contributed by atoms with Gasteiger partial charge in [-0.3, -0.25) is 9.69 Å². The van der Waals surface area contributed by atoms with E-state index >= 15 is 0 Å². The topological polar surface area (TPSA) is 113 Å². The number of anilines is 1. The van der Waals surface area contributed by atoms with Gasteiger partial charge >= 0.3 is 0 Å². The molecule has 0 atom stereocenters. The third-order valence-electron chi connectivity index (χ3n) is 5.25. The molecule has 0 radical (unpaired) electrons. The van der Waals surface area contributed by atoms with Crippen molar-refractivity contribution in [3.8, 4) is 11.1 Å². The summed E-state index contributed by atoms with van der Waals surface area (Å²) in [6, 6.07) is 10.8. The highest BCUT2D eigenvalue weighted by atomic mass is 32.2. The third kappa shape index (κ3) is 3.60. The van der Waals surface area contributed by atoms with E-state index in [9.17, 15) is 13.2 Å². The number of amides is 1. The molecule has 5 aromatic heterocycles. The molecule has 1 N–H and O–H groups in total. The lowest BCUT2D eigenvalue weighted by Crippen LogP contribution is -2.27. The van der Waals surface area contributed by atoms with E-state index in [0.717, 1.165) is 27.7 Å². The van der Waals surface area contributed by atoms with E-state index in [1.54, 1.807) is 54.4 Å². The Kier molecular flexibility index (Phi) is 4.91. The molecule has 0 saturated carbocycles. The predicted molar refractivity (Wildman–Crippen MR) is 121 cm³/mol. The number of nitrogens with zero attached hydrogens (tertiary/aromatic N) is 5. The van der Waals surface area contributed by atoms with Crippen LogP contribution in [0.3, 0.4) is 0 Å². The highest BCUT2D eigenvalue weighted by Crippen LogP contribution is 2.27. The molecule has 0 aliphatic rings. The predicted octanol–water partition coefficient (Wildman–Crippen LogP) is 2.66. The number of aromatic amines is 1. The second-order valence-electron chi connectivity index (χ2n) is 7.32. The van der Waals surface area contributed by atoms with Gasteiger partial charge in [-0.2, -0.15) is 5.10 Å². The Morgan fingerprint density at radius 1 is 1.09 bits per heavy atom. The molecule has 0 fully saturated rings. The van der Waals surface area contributed by atoms with Crippen molar-refractivity contribution in [1.29, 1.82) is 0 Å². The first kappa shape index (κ1) is 19.9. The Labute approximate surface area is 184 Å². The van der Waals surface area contributed by atoms with Crippen LogP contribution in [-0.4, -0.2) is 45.9 Å². The van der Waals surface area contributed by atoms with Crippen molar-refractivity contribution in [2.24, 2.45) is 0 Å². The van der Waals surface area contributed by atoms with Crippen LogP contribution >= 0.6 is 0 Å². The van der Waals surface area contributed by atoms with E-state index in [4.69, 9.17) is 0 Å². The number of carbonyl (C=O) groups excluding carboxylic acids is 1. The van der Waals surface area contributed by atoms with E-state index in [1.807, 2.05) is 18.3 Å². The smallest absolute Gasteiger partial charge is 0.259 e. The Balaban J connectivity index is 1.47. The summed E-state index contributed by atoms with van der Waals surface area (Å²) in [6.07, 6.45) is 8.57. The first-order valence-corrected chi connectivity index (χ1v) is 11.1. The average molecular weight is 446 g/mol. The van der Waals surface area contributed by atoms with Gasteiger partial charge in [0.2, 0.25) is 0 Å². The molecule has 1 amide bonds. The summed E-state index contributed by atoms with van der Waals surface area (Å²) in [5.41, 5.74) is 4.41. The standard InChI is InChI=1S/C22H18N6O3S/c1-27(20-3-2-14(10-24-20)13-32(30)31)22(29)16-5-7-28-19(9-16)18(12-26-28)17-8-15-4-6-23-21(15)25-11-17/h2-12,32H,13H2,1H3,(H,23,25). The second-order valence-corrected chi connectivity index (χ2v) is 8.30. The molecule has 0 saturated heterocycles. The highest BCUT2D eigenvalue weighted by Gasteiger charge is 2.17. The van der Waals surface area contributed by atoms with Gasteiger partial charge in [-0.1, -0.05) is 6.07 Å². The van der Waals surface area contributed by atoms with Gasteiger partial charge in [0.15, 0.2) is 0 Å². The fourth-order valence-electron chi connectivity index (χ4n) is 3.58. The molecule has 32 heavy (non-hydrogen) atoms. The van der Waals surface area contributed by atoms with Crippen molar-refractivity contribution >= 4 is 39.0 Å². The molecule has 0 spiro atoms. The monoisotopic (exact) mass is 446 g/mol. The summed E-state index contributed by atoms with van der Waals surface area (Å²) < 4.78 is 23.5. The number of H-pyrrole nitrogens is 1. The van der Waals surface area contributed by atoms with E-state index < -0.39 is 10.7 Å². The highest BCUT2D eigenvalue weighted by molar-refractivity contribution is 7.71. The fraction of sp³-hybridized carbons (Fsp3) is 0.0909. The molecule has 9 nitrogen and oxygen atoms in total. The molecule has 0 bridgehead atoms. The maximum atomic E-state index is 13.1. The Hall–Kier alpha value is -4.05. The van der Waals surface area contributed by atoms with E-state index in [0.29, 0.717) is 16.9 Å². The molecule has 5 heterocycles. The van der Waals surface area contributed by atoms with Crippen LogP contribution in [0.2, 0.25) is 0 Å². The maximum absolute atomic E-state index is 13.1. The van der Waals surface area contributed by atoms with E-state index in [-0.39, 0.29) is 11.7 Å². The number of aromatic nitrogens is 5. The zero-order valence-electron chi connectivity index (χ0n) is 17.0. The number of hydrogen-bond donors (Lipinski definition) is 2. The number of fused-ring (bicyclic) bond motifs is 2. The fourth-order valence-corrected chi connectivity index (χ4v) is 4.06. The van der Waals surface area contributed by atoms with Gasteiger partial charge in [0.25, 0.3) is 5.91 Å². The van der Waals surface area contributed by atoms with Crippen LogP contribution in [0, 0.1) is 0 Å². The Morgan fingerprint density at radius 3 is 2.75 bits per heavy atom. The van der Waals surface area contributed by atoms with Crippen molar-refractivity contribution < 1.29 is 13.2 Å². The zero-order valence-corrected chi connectivity index (χ0v) is 17.9. The number of rotatable bonds is 5. The lowest BCUT2D eigenvalue weighted by atomic mass is 10.1. The normalized spacial score (nSPS) is 11.4. The molecular weight excluding hydrogens is 428 g/mol. The van der Waals surface area contributed by atoms with Crippen LogP contribution in [0.1, 0.15) is 15.9 Å². The van der Waals surface area contributed by atoms with Crippen molar-refractivity contribution in [3.05, 3.63) is 78.5 Å². The Morgan fingerprint density at radius 2 is 1.97 bits per heavy atom. The first-order chi connectivity index (χ1) is 15.5. The first-order valence-electron chi connectivity index (χ1n) is 9.75. The van der Waals surface area contributed by atoms with Crippen LogP contribution in [0.4, 0.5) is 5.82 Å². The van der Waals surface area contributed by atoms with E-state index in [1.165, 1.54) is 11.1 Å². The van der Waals surface area contributed by atoms with Crippen molar-refractivity contribution in [2.75, 3.05) is 11.9 Å². The summed E-state index contributed by atoms with van der Waals surface area (Å²) in [6.45, 7) is 0. The van der Waals surface area contributed by atoms with Gasteiger partial charge in [0, 0.05) is 53.9 Å². The molecule has 5 aromatic rings. The van der Waals surface area contributed by atoms with Crippen LogP contribution in [0.5, 0.6) is 0 Å². The Bertz CT molecular complexity index is 1530. The number of nitrogens with one attached hydrogen (secondary N) is 1. The van der Waals surface area contributed by atoms with Gasteiger partial charge < -0.3 is 4.98 Å². The van der Waals surface area contributed by atoms with Crippen LogP contribution in [-0.2, 0) is 16.5 Å². The minimum absolute atomic E-state index is 0.0790. The average Bonchev–Trinajstić information content (AvgIpc) is 3.44. The molecular formula is C22H18N6O3S. The number of pyridine rings is 3. The number of thiol groups is 1. The zero-order chi connectivity index (χ0) is 22.2. The maximum Gasteiger partial charge on any atom is 0.259 e. The molecule has 0 aliphatic heterocycles. The molecule has 0 unspecified atom stereocenters.